The van der Waals surface area contributed by atoms with Crippen LogP contribution in [0.5, 0.6) is 0 Å². The highest BCUT2D eigenvalue weighted by atomic mass is 35.5. The summed E-state index contributed by atoms with van der Waals surface area (Å²) in [6.45, 7) is 6.95. The fourth-order valence-electron chi connectivity index (χ4n) is 2.43. The standard InChI is InChI=1S/C18H30N2O3.ClH/c1-4-6-7-8-9-12-17(21)23-15(3)20-13-10-11-16(14-20)18(22)19-5-2;/h10-11,13,15H,4-9,12,14H2,1-3H3,(H,19,22);1H. The molecular weight excluding hydrogens is 328 g/mol. The van der Waals surface area contributed by atoms with Crippen molar-refractivity contribution in [2.75, 3.05) is 13.1 Å². The number of likely N-dealkylation sites (N-methyl/N-ethyl adjacent to an activating group) is 1. The van der Waals surface area contributed by atoms with Gasteiger partial charge in [-0.2, -0.15) is 0 Å². The van der Waals surface area contributed by atoms with E-state index in [1.165, 1.54) is 19.3 Å². The molecule has 1 rings (SSSR count). The van der Waals surface area contributed by atoms with Crippen LogP contribution in [0.25, 0.3) is 0 Å². The second kappa shape index (κ2) is 12.9. The van der Waals surface area contributed by atoms with Gasteiger partial charge in [-0.1, -0.05) is 38.7 Å². The number of rotatable bonds is 10. The Morgan fingerprint density at radius 2 is 1.96 bits per heavy atom. The number of carbonyl (C=O) groups is 2. The van der Waals surface area contributed by atoms with Crippen LogP contribution < -0.4 is 5.32 Å². The van der Waals surface area contributed by atoms with Crippen molar-refractivity contribution in [3.05, 3.63) is 23.9 Å². The second-order valence-corrected chi connectivity index (χ2v) is 5.82. The van der Waals surface area contributed by atoms with Crippen LogP contribution in [-0.2, 0) is 14.3 Å². The van der Waals surface area contributed by atoms with Crippen molar-refractivity contribution in [1.29, 1.82) is 0 Å². The average molecular weight is 359 g/mol. The first kappa shape index (κ1) is 22.5. The predicted molar refractivity (Wildman–Crippen MR) is 98.8 cm³/mol. The lowest BCUT2D eigenvalue weighted by Crippen LogP contribution is -2.38. The maximum Gasteiger partial charge on any atom is 0.307 e. The maximum atomic E-state index is 11.9. The molecule has 24 heavy (non-hydrogen) atoms. The molecule has 1 atom stereocenters. The number of carbonyl (C=O) groups excluding carboxylic acids is 2. The van der Waals surface area contributed by atoms with Crippen molar-refractivity contribution < 1.29 is 14.3 Å². The summed E-state index contributed by atoms with van der Waals surface area (Å²) in [5, 5.41) is 2.78. The van der Waals surface area contributed by atoms with Crippen molar-refractivity contribution in [2.45, 2.75) is 65.5 Å². The minimum absolute atomic E-state index is 0. The molecule has 1 unspecified atom stereocenters. The van der Waals surface area contributed by atoms with Crippen LogP contribution in [0.1, 0.15) is 59.3 Å². The Morgan fingerprint density at radius 3 is 2.62 bits per heavy atom. The molecule has 1 aliphatic heterocycles. The molecule has 1 N–H and O–H groups in total. The van der Waals surface area contributed by atoms with Gasteiger partial charge in [0.15, 0.2) is 6.23 Å². The van der Waals surface area contributed by atoms with Crippen LogP contribution in [0.2, 0.25) is 0 Å². The van der Waals surface area contributed by atoms with E-state index in [2.05, 4.69) is 12.2 Å². The van der Waals surface area contributed by atoms with Crippen LogP contribution >= 0.6 is 12.4 Å². The fraction of sp³-hybridized carbons (Fsp3) is 0.667. The van der Waals surface area contributed by atoms with Gasteiger partial charge >= 0.3 is 5.97 Å². The number of unbranched alkanes of at least 4 members (excludes halogenated alkanes) is 4. The van der Waals surface area contributed by atoms with E-state index < -0.39 is 0 Å². The second-order valence-electron chi connectivity index (χ2n) is 5.82. The van der Waals surface area contributed by atoms with Gasteiger partial charge in [-0.05, 0) is 26.3 Å². The minimum atomic E-state index is -0.368. The van der Waals surface area contributed by atoms with E-state index in [1.54, 1.807) is 6.08 Å². The van der Waals surface area contributed by atoms with Gasteiger partial charge in [0.1, 0.15) is 0 Å². The smallest absolute Gasteiger partial charge is 0.307 e. The summed E-state index contributed by atoms with van der Waals surface area (Å²) in [6, 6.07) is 0. The normalized spacial score (nSPS) is 14.5. The summed E-state index contributed by atoms with van der Waals surface area (Å²) in [7, 11) is 0. The zero-order valence-corrected chi connectivity index (χ0v) is 15.9. The molecule has 0 saturated carbocycles. The van der Waals surface area contributed by atoms with E-state index in [-0.39, 0.29) is 30.5 Å². The lowest BCUT2D eigenvalue weighted by molar-refractivity contribution is -0.155. The van der Waals surface area contributed by atoms with Gasteiger partial charge in [0.25, 0.3) is 0 Å². The van der Waals surface area contributed by atoms with Gasteiger partial charge in [0, 0.05) is 24.7 Å². The zero-order valence-electron chi connectivity index (χ0n) is 15.0. The number of ether oxygens (including phenoxy) is 1. The van der Waals surface area contributed by atoms with Gasteiger partial charge in [0.2, 0.25) is 5.91 Å². The Bertz CT molecular complexity index is 450. The molecule has 6 heteroatoms. The van der Waals surface area contributed by atoms with Crippen LogP contribution in [0.4, 0.5) is 0 Å². The fourth-order valence-corrected chi connectivity index (χ4v) is 2.43. The number of nitrogens with zero attached hydrogens (tertiary/aromatic N) is 1. The van der Waals surface area contributed by atoms with Crippen LogP contribution in [0.15, 0.2) is 23.9 Å². The Kier molecular flexibility index (Phi) is 12.1. The van der Waals surface area contributed by atoms with Gasteiger partial charge in [-0.15, -0.1) is 12.4 Å². The van der Waals surface area contributed by atoms with Crippen molar-refractivity contribution in [3.63, 3.8) is 0 Å². The number of allylic oxidation sites excluding steroid dienone is 2. The van der Waals surface area contributed by atoms with Crippen LogP contribution in [-0.4, -0.2) is 36.1 Å². The molecule has 0 aromatic heterocycles. The third-order valence-electron chi connectivity index (χ3n) is 3.81. The Balaban J connectivity index is 0.00000529. The van der Waals surface area contributed by atoms with Crippen LogP contribution in [0, 0.1) is 0 Å². The van der Waals surface area contributed by atoms with Gasteiger partial charge < -0.3 is 15.0 Å². The third kappa shape index (κ3) is 8.39. The molecule has 0 fully saturated rings. The molecule has 0 aliphatic carbocycles. The lowest BCUT2D eigenvalue weighted by Gasteiger charge is -2.29. The maximum absolute atomic E-state index is 11.9. The van der Waals surface area contributed by atoms with Gasteiger partial charge in [0.05, 0.1) is 6.54 Å². The average Bonchev–Trinajstić information content (AvgIpc) is 2.55. The number of halogens is 1. The summed E-state index contributed by atoms with van der Waals surface area (Å²) in [6.07, 6.45) is 11.1. The Hall–Kier alpha value is -1.49. The molecule has 0 bridgehead atoms. The van der Waals surface area contributed by atoms with E-state index >= 15 is 0 Å². The first-order valence-electron chi connectivity index (χ1n) is 8.69. The lowest BCUT2D eigenvalue weighted by atomic mass is 10.1. The van der Waals surface area contributed by atoms with Gasteiger partial charge in [-0.3, -0.25) is 9.59 Å². The van der Waals surface area contributed by atoms with Crippen molar-refractivity contribution in [1.82, 2.24) is 10.2 Å². The Labute approximate surface area is 151 Å². The molecule has 0 aromatic rings. The molecule has 138 valence electrons. The summed E-state index contributed by atoms with van der Waals surface area (Å²) >= 11 is 0. The summed E-state index contributed by atoms with van der Waals surface area (Å²) in [5.74, 6) is -0.243. The Morgan fingerprint density at radius 1 is 1.25 bits per heavy atom. The third-order valence-corrected chi connectivity index (χ3v) is 3.81. The molecule has 0 radical (unpaired) electrons. The van der Waals surface area contributed by atoms with E-state index in [0.717, 1.165) is 12.8 Å². The predicted octanol–water partition coefficient (Wildman–Crippen LogP) is 3.55. The number of amides is 1. The summed E-state index contributed by atoms with van der Waals surface area (Å²) in [4.78, 5) is 25.6. The van der Waals surface area contributed by atoms with E-state index in [9.17, 15) is 9.59 Å². The quantitative estimate of drug-likeness (QED) is 0.479. The highest BCUT2D eigenvalue weighted by Crippen LogP contribution is 2.13. The number of nitrogens with one attached hydrogen (secondary N) is 1. The number of hydrogen-bond donors (Lipinski definition) is 1. The largest absolute Gasteiger partial charge is 0.442 e. The van der Waals surface area contributed by atoms with E-state index in [4.69, 9.17) is 4.74 Å². The zero-order chi connectivity index (χ0) is 17.1. The molecular formula is C18H31ClN2O3. The first-order chi connectivity index (χ1) is 11.1. The molecule has 0 aromatic carbocycles. The molecule has 1 heterocycles. The summed E-state index contributed by atoms with van der Waals surface area (Å²) in [5.41, 5.74) is 0.678. The van der Waals surface area contributed by atoms with Gasteiger partial charge in [-0.25, -0.2) is 0 Å². The summed E-state index contributed by atoms with van der Waals surface area (Å²) < 4.78 is 5.46. The van der Waals surface area contributed by atoms with Crippen LogP contribution in [0.3, 0.4) is 0 Å². The number of hydrogen-bond acceptors (Lipinski definition) is 4. The molecule has 0 saturated heterocycles. The highest BCUT2D eigenvalue weighted by molar-refractivity contribution is 5.94. The monoisotopic (exact) mass is 358 g/mol. The SMILES string of the molecule is CCCCCCCC(=O)OC(C)N1C=CC=C(C(=O)NCC)C1.Cl. The van der Waals surface area contributed by atoms with Crippen molar-refractivity contribution in [3.8, 4) is 0 Å². The van der Waals surface area contributed by atoms with E-state index in [0.29, 0.717) is 25.1 Å². The first-order valence-corrected chi connectivity index (χ1v) is 8.69. The van der Waals surface area contributed by atoms with Crippen molar-refractivity contribution in [2.24, 2.45) is 0 Å². The molecule has 1 aliphatic rings. The molecule has 5 nitrogen and oxygen atoms in total. The number of esters is 1. The molecule has 1 amide bonds. The van der Waals surface area contributed by atoms with E-state index in [1.807, 2.05) is 31.0 Å². The molecule has 0 spiro atoms. The highest BCUT2D eigenvalue weighted by Gasteiger charge is 2.20. The van der Waals surface area contributed by atoms with Crippen molar-refractivity contribution >= 4 is 24.3 Å². The topological polar surface area (TPSA) is 58.6 Å². The minimum Gasteiger partial charge on any atom is -0.442 e.